The molecule has 3 rings (SSSR count). The Morgan fingerprint density at radius 3 is 2.71 bits per heavy atom. The van der Waals surface area contributed by atoms with Gasteiger partial charge in [0.05, 0.1) is 24.2 Å². The number of carbonyl (C=O) groups is 1. The highest BCUT2D eigenvalue weighted by atomic mass is 16.3. The van der Waals surface area contributed by atoms with E-state index in [1.165, 1.54) is 12.0 Å². The summed E-state index contributed by atoms with van der Waals surface area (Å²) in [6.07, 6.45) is 4.92. The predicted molar refractivity (Wildman–Crippen MR) is 143 cm³/mol. The quantitative estimate of drug-likeness (QED) is 0.171. The number of fused-ring (bicyclic) bond motifs is 1. The molecule has 0 aromatic heterocycles. The van der Waals surface area contributed by atoms with Crippen molar-refractivity contribution in [3.8, 4) is 12.0 Å². The van der Waals surface area contributed by atoms with Gasteiger partial charge in [-0.3, -0.25) is 20.4 Å². The van der Waals surface area contributed by atoms with E-state index in [4.69, 9.17) is 5.73 Å². The monoisotopic (exact) mass is 484 g/mol. The van der Waals surface area contributed by atoms with Crippen molar-refractivity contribution in [2.45, 2.75) is 96.9 Å². The molecule has 194 valence electrons. The van der Waals surface area contributed by atoms with Crippen molar-refractivity contribution >= 4 is 11.7 Å². The zero-order valence-electron chi connectivity index (χ0n) is 22.5. The number of hydrogen-bond donors (Lipinski definition) is 5. The van der Waals surface area contributed by atoms with Crippen molar-refractivity contribution in [3.63, 3.8) is 0 Å². The standard InChI is InChI=1S/C26H39N5O2.C2H6/c1-5-7-15-28-16-22(30-23(27)6-2)26(3)24(32)21(17-31(26)4)29-25(33)20-14-10-12-18-11-8-9-13-19(18)20;1-2/h10,12,14,21-22,24,28,32H,5-6,8-9,11,13,16-17H2,1-4H3,(H2,27,30)(H,29,33);1-2H3/p+1. The fourth-order valence-corrected chi connectivity index (χ4v) is 5.10. The normalized spacial score (nSPS) is 24.8. The third kappa shape index (κ3) is 6.56. The number of amidine groups is 1. The number of benzene rings is 1. The molecule has 4 atom stereocenters. The van der Waals surface area contributed by atoms with Crippen LogP contribution in [0.5, 0.6) is 0 Å². The van der Waals surface area contributed by atoms with Gasteiger partial charge in [0.1, 0.15) is 6.04 Å². The van der Waals surface area contributed by atoms with Crippen molar-refractivity contribution in [1.29, 1.82) is 0 Å². The molecule has 1 heterocycles. The van der Waals surface area contributed by atoms with Crippen molar-refractivity contribution in [1.82, 2.24) is 15.5 Å². The van der Waals surface area contributed by atoms with Gasteiger partial charge in [0, 0.05) is 31.0 Å². The van der Waals surface area contributed by atoms with Crippen molar-refractivity contribution < 1.29 is 14.9 Å². The molecule has 0 spiro atoms. The van der Waals surface area contributed by atoms with E-state index in [2.05, 4.69) is 38.6 Å². The summed E-state index contributed by atoms with van der Waals surface area (Å²) >= 11 is 0. The molecule has 2 aliphatic rings. The molecule has 0 bridgehead atoms. The minimum absolute atomic E-state index is 0.105. The summed E-state index contributed by atoms with van der Waals surface area (Å²) in [5.41, 5.74) is 8.67. The van der Waals surface area contributed by atoms with E-state index in [0.29, 0.717) is 25.3 Å². The number of aryl methyl sites for hydroxylation is 1. The largest absolute Gasteiger partial charge is 0.389 e. The van der Waals surface area contributed by atoms with E-state index in [9.17, 15) is 9.90 Å². The van der Waals surface area contributed by atoms with Gasteiger partial charge in [-0.2, -0.15) is 0 Å². The predicted octanol–water partition coefficient (Wildman–Crippen LogP) is 0.932. The van der Waals surface area contributed by atoms with Crippen molar-refractivity contribution in [2.24, 2.45) is 5.73 Å². The van der Waals surface area contributed by atoms with Crippen LogP contribution in [0, 0.1) is 12.0 Å². The Bertz CT molecular complexity index is 935. The average molecular weight is 485 g/mol. The molecule has 1 aromatic rings. The Labute approximate surface area is 212 Å². The molecule has 1 aliphatic heterocycles. The highest BCUT2D eigenvalue weighted by Gasteiger charge is 2.54. The second kappa shape index (κ2) is 13.5. The number of aliphatic hydroxyl groups is 1. The lowest BCUT2D eigenvalue weighted by Crippen LogP contribution is -2.90. The molecule has 1 amide bonds. The number of likely N-dealkylation sites (N-methyl/N-ethyl adjacent to an activating group) is 1. The van der Waals surface area contributed by atoms with Gasteiger partial charge in [0.15, 0.2) is 0 Å². The molecule has 7 nitrogen and oxygen atoms in total. The average Bonchev–Trinajstić information content (AvgIpc) is 3.10. The number of hydrogen-bond acceptors (Lipinski definition) is 4. The van der Waals surface area contributed by atoms with E-state index < -0.39 is 11.6 Å². The molecular formula is C28H46N5O2+. The summed E-state index contributed by atoms with van der Waals surface area (Å²) in [5, 5.41) is 17.8. The fourth-order valence-electron chi connectivity index (χ4n) is 5.10. The molecule has 7 heteroatoms. The van der Waals surface area contributed by atoms with Gasteiger partial charge in [-0.25, -0.2) is 0 Å². The van der Waals surface area contributed by atoms with E-state index in [-0.39, 0.29) is 18.0 Å². The lowest BCUT2D eigenvalue weighted by molar-refractivity contribution is -0.522. The molecular weight excluding hydrogens is 438 g/mol. The number of carbonyl (C=O) groups excluding carboxylic acids is 1. The molecule has 1 aromatic carbocycles. The van der Waals surface area contributed by atoms with Gasteiger partial charge in [-0.15, -0.1) is 0 Å². The highest BCUT2D eigenvalue weighted by Crippen LogP contribution is 2.31. The first-order valence-electron chi connectivity index (χ1n) is 13.2. The van der Waals surface area contributed by atoms with Gasteiger partial charge in [0.2, 0.25) is 5.84 Å². The number of nitrogens with one attached hydrogen (secondary N) is 3. The van der Waals surface area contributed by atoms with Crippen LogP contribution >= 0.6 is 0 Å². The third-order valence-electron chi connectivity index (χ3n) is 7.34. The maximum Gasteiger partial charge on any atom is 0.251 e. The Hall–Kier alpha value is -2.56. The molecule has 1 saturated heterocycles. The lowest BCUT2D eigenvalue weighted by atomic mass is 9.85. The Kier molecular flexibility index (Phi) is 11.1. The Morgan fingerprint density at radius 1 is 1.31 bits per heavy atom. The van der Waals surface area contributed by atoms with E-state index in [0.717, 1.165) is 36.8 Å². The molecule has 4 unspecified atom stereocenters. The smallest absolute Gasteiger partial charge is 0.251 e. The highest BCUT2D eigenvalue weighted by molar-refractivity contribution is 5.96. The summed E-state index contributed by atoms with van der Waals surface area (Å²) in [5.74, 6) is 3.57. The van der Waals surface area contributed by atoms with Crippen LogP contribution in [0.4, 0.5) is 0 Å². The zero-order chi connectivity index (χ0) is 26.0. The van der Waals surface area contributed by atoms with Crippen LogP contribution in [-0.4, -0.2) is 65.6 Å². The number of rotatable bonds is 7. The van der Waals surface area contributed by atoms with E-state index >= 15 is 0 Å². The van der Waals surface area contributed by atoms with Crippen LogP contribution in [0.1, 0.15) is 81.8 Å². The van der Waals surface area contributed by atoms with Gasteiger partial charge in [0.25, 0.3) is 5.91 Å². The summed E-state index contributed by atoms with van der Waals surface area (Å²) in [7, 11) is 1.98. The Morgan fingerprint density at radius 2 is 2.03 bits per heavy atom. The summed E-state index contributed by atoms with van der Waals surface area (Å²) in [4.78, 5) is 18.8. The Balaban J connectivity index is 0.00000210. The molecule has 6 N–H and O–H groups in total. The van der Waals surface area contributed by atoms with Crippen LogP contribution < -0.4 is 21.4 Å². The van der Waals surface area contributed by atoms with Crippen LogP contribution in [0.2, 0.25) is 0 Å². The minimum atomic E-state index is -0.783. The SMILES string of the molecule is CC.CCC#CNCC([NH+]=C(N)CC)C1(C)C(O)C(NC(=O)c2cccc3c2CCCC3)CN1C. The summed E-state index contributed by atoms with van der Waals surface area (Å²) in [6, 6.07) is 8.37. The molecule has 0 saturated carbocycles. The fraction of sp³-hybridized carbons (Fsp3) is 0.643. The molecule has 1 fully saturated rings. The topological polar surface area (TPSA) is 105 Å². The first-order valence-corrected chi connectivity index (χ1v) is 13.2. The number of likely N-dealkylation sites (tertiary alicyclic amines) is 1. The van der Waals surface area contributed by atoms with E-state index in [1.54, 1.807) is 0 Å². The minimum Gasteiger partial charge on any atom is -0.389 e. The van der Waals surface area contributed by atoms with Gasteiger partial charge >= 0.3 is 0 Å². The van der Waals surface area contributed by atoms with Crippen LogP contribution in [-0.2, 0) is 12.8 Å². The molecule has 0 radical (unpaired) electrons. The van der Waals surface area contributed by atoms with Crippen LogP contribution in [0.25, 0.3) is 0 Å². The molecule has 1 aliphatic carbocycles. The van der Waals surface area contributed by atoms with Gasteiger partial charge < -0.3 is 15.7 Å². The van der Waals surface area contributed by atoms with E-state index in [1.807, 2.05) is 53.8 Å². The summed E-state index contributed by atoms with van der Waals surface area (Å²) < 4.78 is 0. The summed E-state index contributed by atoms with van der Waals surface area (Å²) in [6.45, 7) is 11.1. The second-order valence-corrected chi connectivity index (χ2v) is 9.39. The second-order valence-electron chi connectivity index (χ2n) is 9.39. The maximum absolute atomic E-state index is 13.3. The lowest BCUT2D eigenvalue weighted by Gasteiger charge is -2.38. The van der Waals surface area contributed by atoms with Crippen molar-refractivity contribution in [2.75, 3.05) is 20.1 Å². The number of amides is 1. The molecule has 35 heavy (non-hydrogen) atoms. The van der Waals surface area contributed by atoms with Gasteiger partial charge in [-0.05, 0) is 56.8 Å². The van der Waals surface area contributed by atoms with Gasteiger partial charge in [-0.1, -0.05) is 45.7 Å². The number of aliphatic hydroxyl groups excluding tert-OH is 1. The van der Waals surface area contributed by atoms with Crippen LogP contribution in [0.15, 0.2) is 18.2 Å². The first-order chi connectivity index (χ1) is 16.8. The van der Waals surface area contributed by atoms with Crippen LogP contribution in [0.3, 0.4) is 0 Å². The number of nitrogens with two attached hydrogens (primary N) is 1. The first kappa shape index (κ1) is 28.7. The maximum atomic E-state index is 13.3. The third-order valence-corrected chi connectivity index (χ3v) is 7.34. The number of nitrogens with zero attached hydrogens (tertiary/aromatic N) is 1. The zero-order valence-corrected chi connectivity index (χ0v) is 22.5. The van der Waals surface area contributed by atoms with Crippen molar-refractivity contribution in [3.05, 3.63) is 34.9 Å².